The second-order valence-electron chi connectivity index (χ2n) is 33.0. The topological polar surface area (TPSA) is 252 Å². The summed E-state index contributed by atoms with van der Waals surface area (Å²) in [6, 6.07) is 71.3. The van der Waals surface area contributed by atoms with E-state index >= 15 is 0 Å². The molecule has 9 N–H and O–H groups in total. The maximum atomic E-state index is 12.7. The molecular weight excluding hydrogens is 1560 g/mol. The van der Waals surface area contributed by atoms with Gasteiger partial charge in [-0.3, -0.25) is 35.1 Å². The molecule has 21 rings (SSSR count). The summed E-state index contributed by atoms with van der Waals surface area (Å²) >= 11 is 0. The number of anilines is 5. The third-order valence-electron chi connectivity index (χ3n) is 24.7. The smallest absolute Gasteiger partial charge is 0.385 e. The van der Waals surface area contributed by atoms with Crippen LogP contribution in [0.25, 0.3) is 55.6 Å². The van der Waals surface area contributed by atoms with Crippen LogP contribution in [0.2, 0.25) is 0 Å². The summed E-state index contributed by atoms with van der Waals surface area (Å²) in [5.41, 5.74) is 38.5. The quantitative estimate of drug-likeness (QED) is 0.0375. The van der Waals surface area contributed by atoms with Gasteiger partial charge in [0.1, 0.15) is 0 Å². The van der Waals surface area contributed by atoms with Crippen molar-refractivity contribution in [2.24, 2.45) is 5.73 Å². The van der Waals surface area contributed by atoms with Gasteiger partial charge in [-0.15, -0.1) is 0 Å². The maximum absolute atomic E-state index is 12.7. The van der Waals surface area contributed by atoms with Crippen molar-refractivity contribution in [1.29, 1.82) is 0 Å². The van der Waals surface area contributed by atoms with Gasteiger partial charge in [-0.2, -0.15) is 38.7 Å². The Kier molecular flexibility index (Phi) is 24.4. The molecule has 0 saturated heterocycles. The SMILES string of the molecule is CC(C)c1ccc(CN2CCc3cc(-c4cn[nH]c4)ccc32)cc1.CNC(=O)c1ccc(CN2CCc3cc(-c4cn[nH]c4)ccc32)cc1.FC(F)(F)c1ccc(CN2CCc3cc(-c4cn[nH]c4)ccc32)cc1.NC(=O)c1ccc(CN2CCc3cc(-c4cn[nH]c4)ccc32)cc1.OC1(c2ccc(CN3CCc4cc(-c5cn[nH]c5)ccc43)cc2)CCC1. The van der Waals surface area contributed by atoms with E-state index in [-0.39, 0.29) is 11.8 Å². The van der Waals surface area contributed by atoms with Crippen LogP contribution in [0.15, 0.2) is 274 Å². The lowest BCUT2D eigenvalue weighted by Crippen LogP contribution is -2.33. The van der Waals surface area contributed by atoms with E-state index in [1.54, 1.807) is 37.5 Å². The molecule has 0 radical (unpaired) electrons. The molecule has 1 aliphatic carbocycles. The first-order valence-electron chi connectivity index (χ1n) is 42.5. The van der Waals surface area contributed by atoms with Gasteiger partial charge < -0.3 is 40.7 Å². The van der Waals surface area contributed by atoms with Gasteiger partial charge in [0.15, 0.2) is 0 Å². The van der Waals surface area contributed by atoms with Gasteiger partial charge >= 0.3 is 6.18 Å². The van der Waals surface area contributed by atoms with Gasteiger partial charge in [0.05, 0.1) is 42.1 Å². The van der Waals surface area contributed by atoms with Crippen molar-refractivity contribution in [3.63, 3.8) is 0 Å². The van der Waals surface area contributed by atoms with Crippen molar-refractivity contribution in [2.45, 2.75) is 116 Å². The molecule has 1 fully saturated rings. The fourth-order valence-electron chi connectivity index (χ4n) is 17.4. The minimum atomic E-state index is -4.29. The van der Waals surface area contributed by atoms with E-state index < -0.39 is 17.3 Å². The first kappa shape index (κ1) is 82.3. The van der Waals surface area contributed by atoms with Crippen LogP contribution < -0.4 is 35.6 Å². The number of alkyl halides is 3. The number of carbonyl (C=O) groups is 2. The van der Waals surface area contributed by atoms with E-state index in [9.17, 15) is 27.9 Å². The number of amides is 2. The number of hydrogen-bond donors (Lipinski definition) is 8. The molecular formula is C101H100F3N17O3. The molecule has 5 aliphatic heterocycles. The van der Waals surface area contributed by atoms with E-state index in [1.807, 2.05) is 92.2 Å². The van der Waals surface area contributed by atoms with Crippen LogP contribution in [0.1, 0.15) is 132 Å². The van der Waals surface area contributed by atoms with Gasteiger partial charge in [0.25, 0.3) is 5.91 Å². The van der Waals surface area contributed by atoms with Crippen LogP contribution in [0.4, 0.5) is 41.6 Å². The lowest BCUT2D eigenvalue weighted by molar-refractivity contribution is -0.137. The van der Waals surface area contributed by atoms with E-state index in [1.165, 1.54) is 101 Å². The minimum Gasteiger partial charge on any atom is -0.385 e. The highest BCUT2D eigenvalue weighted by atomic mass is 19.4. The molecule has 0 atom stereocenters. The molecule has 0 spiro atoms. The Labute approximate surface area is 719 Å². The second-order valence-corrected chi connectivity index (χ2v) is 33.0. The van der Waals surface area contributed by atoms with Crippen molar-refractivity contribution >= 4 is 40.3 Å². The molecule has 2 amide bonds. The maximum Gasteiger partial charge on any atom is 0.416 e. The van der Waals surface area contributed by atoms with Crippen LogP contribution in [0, 0.1) is 0 Å². The van der Waals surface area contributed by atoms with Gasteiger partial charge in [-0.25, -0.2) is 0 Å². The van der Waals surface area contributed by atoms with E-state index in [2.05, 4.69) is 234 Å². The third-order valence-corrected chi connectivity index (χ3v) is 24.7. The Hall–Kier alpha value is -14.1. The number of aliphatic hydroxyl groups is 1. The Balaban J connectivity index is 0.000000110. The number of H-pyrrole nitrogens is 5. The molecule has 15 aromatic rings. The van der Waals surface area contributed by atoms with E-state index in [0.717, 1.165) is 173 Å². The molecule has 124 heavy (non-hydrogen) atoms. The number of carbonyl (C=O) groups excluding carboxylic acids is 2. The van der Waals surface area contributed by atoms with E-state index in [4.69, 9.17) is 5.73 Å². The van der Waals surface area contributed by atoms with Crippen LogP contribution in [0.3, 0.4) is 0 Å². The predicted octanol–water partition coefficient (Wildman–Crippen LogP) is 19.2. The molecule has 6 aliphatic rings. The highest BCUT2D eigenvalue weighted by molar-refractivity contribution is 5.94. The van der Waals surface area contributed by atoms with Crippen molar-refractivity contribution in [2.75, 3.05) is 64.3 Å². The van der Waals surface area contributed by atoms with Gasteiger partial charge in [-0.05, 0) is 249 Å². The zero-order valence-corrected chi connectivity index (χ0v) is 69.7. The van der Waals surface area contributed by atoms with Crippen LogP contribution in [-0.4, -0.2) is 108 Å². The number of fused-ring (bicyclic) bond motifs is 5. The number of primary amides is 1. The average Bonchev–Trinajstić information content (AvgIpc) is 1.34. The third kappa shape index (κ3) is 19.0. The number of halogens is 3. The molecule has 23 heteroatoms. The normalized spacial score (nSPS) is 14.3. The zero-order chi connectivity index (χ0) is 85.3. The molecule has 0 bridgehead atoms. The predicted molar refractivity (Wildman–Crippen MR) is 485 cm³/mol. The van der Waals surface area contributed by atoms with Crippen molar-refractivity contribution in [1.82, 2.24) is 56.3 Å². The Morgan fingerprint density at radius 3 is 0.911 bits per heavy atom. The first-order chi connectivity index (χ1) is 60.4. The number of benzene rings is 10. The summed E-state index contributed by atoms with van der Waals surface area (Å²) in [7, 11) is 1.65. The number of aromatic nitrogens is 10. The summed E-state index contributed by atoms with van der Waals surface area (Å²) in [4.78, 5) is 34.7. The standard InChI is InChI=1S/C22H23N3O.C21H23N3.C20H20N4O.C19H16F3N3.C19H18N4O/c26-22(9-1-10-22)20-5-2-16(3-6-20)15-25-11-8-18-12-17(4-7-21(18)25)19-13-23-24-14-19;1-15(2)17-5-3-16(4-6-17)14-24-10-9-19-11-18(7-8-21(19)24)20-12-22-23-13-20;1-21-20(25)15-4-2-14(3-5-15)13-24-9-8-17-10-16(6-7-19(17)24)18-11-22-23-12-18;20-19(21,22)17-4-1-13(2-5-17)12-25-8-7-15-9-14(3-6-18(15)25)16-10-23-24-11-16;20-19(24)14-3-1-13(2-4-14)12-23-8-7-16-9-15(5-6-18(16)23)17-10-21-22-11-17/h2-7,12-14,26H,1,8-11,15H2,(H,23,24);3-8,11-13,15H,9-10,14H2,1-2H3,(H,22,23);2-7,10-12H,8-9,13H2,1H3,(H,21,25)(H,22,23);1-6,9-11H,7-8,12H2,(H,23,24);1-6,9-11H,7-8,12H2,(H2,20,24)(H,21,22). The average molecular weight is 1660 g/mol. The largest absolute Gasteiger partial charge is 0.416 e. The highest BCUT2D eigenvalue weighted by Crippen LogP contribution is 2.43. The summed E-state index contributed by atoms with van der Waals surface area (Å²) in [5, 5.41) is 47.5. The zero-order valence-electron chi connectivity index (χ0n) is 69.7. The molecule has 20 nitrogen and oxygen atoms in total. The number of hydrogen-bond acceptors (Lipinski definition) is 13. The molecule has 1 saturated carbocycles. The summed E-state index contributed by atoms with van der Waals surface area (Å²) < 4.78 is 38.0. The molecule has 10 aromatic carbocycles. The first-order valence-corrected chi connectivity index (χ1v) is 42.5. The monoisotopic (exact) mass is 1660 g/mol. The molecule has 5 aromatic heterocycles. The second kappa shape index (κ2) is 36.7. The van der Waals surface area contributed by atoms with Crippen molar-refractivity contribution < 1.29 is 27.9 Å². The van der Waals surface area contributed by atoms with Crippen molar-refractivity contribution in [3.05, 3.63) is 358 Å². The Morgan fingerprint density at radius 2 is 0.669 bits per heavy atom. The van der Waals surface area contributed by atoms with Crippen LogP contribution >= 0.6 is 0 Å². The van der Waals surface area contributed by atoms with Gasteiger partial charge in [0.2, 0.25) is 5.91 Å². The summed E-state index contributed by atoms with van der Waals surface area (Å²) in [6.45, 7) is 13.7. The summed E-state index contributed by atoms with van der Waals surface area (Å²) in [5.74, 6) is 0.151. The Bertz CT molecular complexity index is 6100. The number of nitrogens with zero attached hydrogens (tertiary/aromatic N) is 10. The highest BCUT2D eigenvalue weighted by Gasteiger charge is 2.36. The Morgan fingerprint density at radius 1 is 0.395 bits per heavy atom. The fraction of sp³-hybridized carbons (Fsp3) is 0.238. The van der Waals surface area contributed by atoms with E-state index in [0.29, 0.717) is 23.6 Å². The lowest BCUT2D eigenvalue weighted by Gasteiger charge is -2.37. The number of nitrogens with one attached hydrogen (secondary N) is 6. The van der Waals surface area contributed by atoms with Crippen LogP contribution in [-0.2, 0) is 76.6 Å². The van der Waals surface area contributed by atoms with Crippen molar-refractivity contribution in [3.8, 4) is 55.6 Å². The number of rotatable bonds is 19. The lowest BCUT2D eigenvalue weighted by atomic mass is 9.75. The van der Waals surface area contributed by atoms with Gasteiger partial charge in [0, 0.05) is 171 Å². The number of nitrogens with two attached hydrogens (primary N) is 1. The molecule has 0 unspecified atom stereocenters. The van der Waals surface area contributed by atoms with Gasteiger partial charge in [-0.1, -0.05) is 129 Å². The fourth-order valence-corrected chi connectivity index (χ4v) is 17.4. The number of aromatic amines is 5. The minimum absolute atomic E-state index is 0.0511. The molecule has 628 valence electrons. The summed E-state index contributed by atoms with van der Waals surface area (Å²) in [6.07, 6.45) is 22.7. The van der Waals surface area contributed by atoms with Crippen LogP contribution in [0.5, 0.6) is 0 Å². The molecule has 10 heterocycles.